The number of nitro groups is 1. The zero-order valence-electron chi connectivity index (χ0n) is 12.5. The molecule has 0 atom stereocenters. The predicted octanol–water partition coefficient (Wildman–Crippen LogP) is 3.23. The van der Waals surface area contributed by atoms with Gasteiger partial charge in [0.2, 0.25) is 10.0 Å². The van der Waals surface area contributed by atoms with Crippen LogP contribution in [-0.2, 0) is 10.0 Å². The molecule has 1 N–H and O–H groups in total. The number of hydrogen-bond donors (Lipinski definition) is 1. The molecule has 1 aliphatic rings. The van der Waals surface area contributed by atoms with Gasteiger partial charge in [-0.2, -0.15) is 0 Å². The fraction of sp³-hybridized carbons (Fsp3) is 0.600. The summed E-state index contributed by atoms with van der Waals surface area (Å²) in [6.45, 7) is 0.421. The summed E-state index contributed by atoms with van der Waals surface area (Å²) < 4.78 is 26.9. The Labute approximate surface area is 131 Å². The second kappa shape index (κ2) is 7.69. The van der Waals surface area contributed by atoms with Crippen LogP contribution in [0.25, 0.3) is 0 Å². The SMILES string of the molecule is O=[N+]([O-])c1ccc(S(=O)(=O)NCCC2CCCCCC2)cc1. The van der Waals surface area contributed by atoms with Gasteiger partial charge in [0.25, 0.3) is 5.69 Å². The van der Waals surface area contributed by atoms with Crippen LogP contribution in [-0.4, -0.2) is 19.9 Å². The van der Waals surface area contributed by atoms with Crippen molar-refractivity contribution in [3.63, 3.8) is 0 Å². The molecule has 1 aromatic rings. The van der Waals surface area contributed by atoms with Gasteiger partial charge in [0, 0.05) is 18.7 Å². The van der Waals surface area contributed by atoms with E-state index in [1.165, 1.54) is 62.8 Å². The molecule has 7 heteroatoms. The number of nitrogens with zero attached hydrogens (tertiary/aromatic N) is 1. The average Bonchev–Trinajstić information content (AvgIpc) is 2.76. The molecule has 0 heterocycles. The van der Waals surface area contributed by atoms with Crippen LogP contribution in [0.5, 0.6) is 0 Å². The van der Waals surface area contributed by atoms with Crippen molar-refractivity contribution >= 4 is 15.7 Å². The van der Waals surface area contributed by atoms with Gasteiger partial charge in [0.05, 0.1) is 9.82 Å². The molecule has 1 fully saturated rings. The Bertz CT molecular complexity index is 590. The van der Waals surface area contributed by atoms with Gasteiger partial charge in [-0.1, -0.05) is 38.5 Å². The van der Waals surface area contributed by atoms with Crippen molar-refractivity contribution in [1.29, 1.82) is 0 Å². The number of hydrogen-bond acceptors (Lipinski definition) is 4. The third-order valence-corrected chi connectivity index (χ3v) is 5.65. The zero-order valence-corrected chi connectivity index (χ0v) is 13.3. The van der Waals surface area contributed by atoms with Crippen molar-refractivity contribution in [3.8, 4) is 0 Å². The summed E-state index contributed by atoms with van der Waals surface area (Å²) in [6, 6.07) is 4.96. The summed E-state index contributed by atoms with van der Waals surface area (Å²) in [5, 5.41) is 10.6. The maximum atomic E-state index is 12.1. The molecule has 1 saturated carbocycles. The van der Waals surface area contributed by atoms with Crippen LogP contribution in [0, 0.1) is 16.0 Å². The zero-order chi connectivity index (χ0) is 16.0. The Hall–Kier alpha value is -1.47. The van der Waals surface area contributed by atoms with E-state index in [4.69, 9.17) is 0 Å². The topological polar surface area (TPSA) is 89.3 Å². The molecule has 0 radical (unpaired) electrons. The average molecular weight is 326 g/mol. The van der Waals surface area contributed by atoms with Crippen LogP contribution < -0.4 is 4.72 Å². The van der Waals surface area contributed by atoms with Crippen molar-refractivity contribution in [2.24, 2.45) is 5.92 Å². The Balaban J connectivity index is 1.88. The minimum Gasteiger partial charge on any atom is -0.258 e. The first-order chi connectivity index (χ1) is 10.5. The van der Waals surface area contributed by atoms with E-state index in [-0.39, 0.29) is 10.6 Å². The fourth-order valence-corrected chi connectivity index (χ4v) is 3.93. The second-order valence-corrected chi connectivity index (χ2v) is 7.56. The van der Waals surface area contributed by atoms with E-state index in [1.807, 2.05) is 0 Å². The lowest BCUT2D eigenvalue weighted by molar-refractivity contribution is -0.384. The Kier molecular flexibility index (Phi) is 5.90. The summed E-state index contributed by atoms with van der Waals surface area (Å²) in [7, 11) is -3.59. The lowest BCUT2D eigenvalue weighted by Crippen LogP contribution is -2.26. The van der Waals surface area contributed by atoms with Gasteiger partial charge < -0.3 is 0 Å². The molecule has 0 unspecified atom stereocenters. The third kappa shape index (κ3) is 4.78. The maximum Gasteiger partial charge on any atom is 0.269 e. The lowest BCUT2D eigenvalue weighted by Gasteiger charge is -2.14. The molecule has 0 aliphatic heterocycles. The predicted molar refractivity (Wildman–Crippen MR) is 84.1 cm³/mol. The molecule has 6 nitrogen and oxygen atoms in total. The number of benzene rings is 1. The highest BCUT2D eigenvalue weighted by Gasteiger charge is 2.17. The highest BCUT2D eigenvalue weighted by molar-refractivity contribution is 7.89. The minimum absolute atomic E-state index is 0.0685. The Morgan fingerprint density at radius 2 is 1.68 bits per heavy atom. The molecule has 0 saturated heterocycles. The van der Waals surface area contributed by atoms with Crippen LogP contribution in [0.1, 0.15) is 44.9 Å². The quantitative estimate of drug-likeness (QED) is 0.494. The van der Waals surface area contributed by atoms with E-state index in [9.17, 15) is 18.5 Å². The summed E-state index contributed by atoms with van der Waals surface area (Å²) in [4.78, 5) is 10.1. The van der Waals surface area contributed by atoms with Gasteiger partial charge in [-0.05, 0) is 24.5 Å². The van der Waals surface area contributed by atoms with E-state index >= 15 is 0 Å². The first-order valence-electron chi connectivity index (χ1n) is 7.73. The monoisotopic (exact) mass is 326 g/mol. The van der Waals surface area contributed by atoms with Crippen molar-refractivity contribution in [3.05, 3.63) is 34.4 Å². The van der Waals surface area contributed by atoms with Crippen molar-refractivity contribution < 1.29 is 13.3 Å². The van der Waals surface area contributed by atoms with Gasteiger partial charge in [0.15, 0.2) is 0 Å². The van der Waals surface area contributed by atoms with Crippen LogP contribution in [0.3, 0.4) is 0 Å². The van der Waals surface area contributed by atoms with Crippen molar-refractivity contribution in [1.82, 2.24) is 4.72 Å². The number of non-ortho nitro benzene ring substituents is 1. The molecule has 0 aromatic heterocycles. The molecular formula is C15H22N2O4S. The van der Waals surface area contributed by atoms with Gasteiger partial charge in [-0.15, -0.1) is 0 Å². The molecular weight excluding hydrogens is 304 g/mol. The molecule has 1 aromatic carbocycles. The molecule has 22 heavy (non-hydrogen) atoms. The van der Waals surface area contributed by atoms with Gasteiger partial charge >= 0.3 is 0 Å². The lowest BCUT2D eigenvalue weighted by atomic mass is 9.97. The highest BCUT2D eigenvalue weighted by Crippen LogP contribution is 2.25. The largest absolute Gasteiger partial charge is 0.269 e. The molecule has 0 amide bonds. The maximum absolute atomic E-state index is 12.1. The van der Waals surface area contributed by atoms with E-state index in [2.05, 4.69) is 4.72 Å². The van der Waals surface area contributed by atoms with Gasteiger partial charge in [0.1, 0.15) is 0 Å². The first-order valence-corrected chi connectivity index (χ1v) is 9.21. The minimum atomic E-state index is -3.59. The number of nitro benzene ring substituents is 1. The molecule has 1 aliphatic carbocycles. The smallest absolute Gasteiger partial charge is 0.258 e. The number of rotatable bonds is 6. The van der Waals surface area contributed by atoms with E-state index in [0.717, 1.165) is 6.42 Å². The Morgan fingerprint density at radius 3 is 2.23 bits per heavy atom. The molecule has 0 bridgehead atoms. The highest BCUT2D eigenvalue weighted by atomic mass is 32.2. The van der Waals surface area contributed by atoms with Crippen LogP contribution in [0.2, 0.25) is 0 Å². The van der Waals surface area contributed by atoms with Crippen molar-refractivity contribution in [2.45, 2.75) is 49.8 Å². The van der Waals surface area contributed by atoms with Crippen LogP contribution >= 0.6 is 0 Å². The normalized spacial score (nSPS) is 17.1. The second-order valence-electron chi connectivity index (χ2n) is 5.80. The molecule has 2 rings (SSSR count). The fourth-order valence-electron chi connectivity index (χ4n) is 2.88. The Morgan fingerprint density at radius 1 is 1.09 bits per heavy atom. The first kappa shape index (κ1) is 16.9. The van der Waals surface area contributed by atoms with Gasteiger partial charge in [-0.25, -0.2) is 13.1 Å². The van der Waals surface area contributed by atoms with E-state index in [1.54, 1.807) is 0 Å². The van der Waals surface area contributed by atoms with Crippen LogP contribution in [0.4, 0.5) is 5.69 Å². The summed E-state index contributed by atoms with van der Waals surface area (Å²) in [5.74, 6) is 0.599. The summed E-state index contributed by atoms with van der Waals surface area (Å²) >= 11 is 0. The van der Waals surface area contributed by atoms with E-state index in [0.29, 0.717) is 12.5 Å². The summed E-state index contributed by atoms with van der Waals surface area (Å²) in [5.41, 5.74) is -0.114. The third-order valence-electron chi connectivity index (χ3n) is 4.18. The molecule has 0 spiro atoms. The molecule has 122 valence electrons. The van der Waals surface area contributed by atoms with Gasteiger partial charge in [-0.3, -0.25) is 10.1 Å². The summed E-state index contributed by atoms with van der Waals surface area (Å²) in [6.07, 6.45) is 8.25. The number of nitrogens with one attached hydrogen (secondary N) is 1. The standard InChI is InChI=1S/C15H22N2O4S/c18-17(19)14-7-9-15(10-8-14)22(20,21)16-12-11-13-5-3-1-2-4-6-13/h7-10,13,16H,1-6,11-12H2. The van der Waals surface area contributed by atoms with Crippen LogP contribution in [0.15, 0.2) is 29.2 Å². The number of sulfonamides is 1. The van der Waals surface area contributed by atoms with E-state index < -0.39 is 14.9 Å². The van der Waals surface area contributed by atoms with Crippen molar-refractivity contribution in [2.75, 3.05) is 6.54 Å².